The SMILES string of the molecule is N=S(=O)(NCCN1c2ccccc2Sc2ccccc21)c1ccc(Cl)cc1. The standard InChI is InChI=1S/C20H18ClN3OS2/c21-15-9-11-16(12-10-15)27(22,25)23-13-14-24-17-5-1-3-7-19(17)26-20-8-4-2-6-18(20)24/h1-12H,13-14H2,(H2,22,23,25). The van der Waals surface area contributed by atoms with Crippen LogP contribution in [-0.2, 0) is 9.92 Å². The third-order valence-corrected chi connectivity index (χ3v) is 7.25. The number of hydrogen-bond donors (Lipinski definition) is 2. The van der Waals surface area contributed by atoms with Crippen molar-refractivity contribution in [2.45, 2.75) is 14.7 Å². The molecule has 1 unspecified atom stereocenters. The van der Waals surface area contributed by atoms with Crippen LogP contribution < -0.4 is 9.62 Å². The van der Waals surface area contributed by atoms with Gasteiger partial charge in [-0.3, -0.25) is 0 Å². The fraction of sp³-hybridized carbons (Fsp3) is 0.100. The Morgan fingerprint density at radius 1 is 0.926 bits per heavy atom. The summed E-state index contributed by atoms with van der Waals surface area (Å²) in [6.45, 7) is 1.02. The van der Waals surface area contributed by atoms with Crippen molar-refractivity contribution in [2.75, 3.05) is 18.0 Å². The molecule has 0 amide bonds. The van der Waals surface area contributed by atoms with Crippen LogP contribution in [0.4, 0.5) is 11.4 Å². The van der Waals surface area contributed by atoms with Gasteiger partial charge in [0.25, 0.3) is 0 Å². The molecule has 0 radical (unpaired) electrons. The molecule has 0 aliphatic carbocycles. The van der Waals surface area contributed by atoms with Gasteiger partial charge in [0.2, 0.25) is 0 Å². The van der Waals surface area contributed by atoms with Gasteiger partial charge in [0.1, 0.15) is 9.92 Å². The molecule has 0 aromatic heterocycles. The lowest BCUT2D eigenvalue weighted by Gasteiger charge is -2.32. The second-order valence-electron chi connectivity index (χ2n) is 6.09. The summed E-state index contributed by atoms with van der Waals surface area (Å²) in [4.78, 5) is 5.04. The zero-order valence-corrected chi connectivity index (χ0v) is 16.8. The van der Waals surface area contributed by atoms with Crippen molar-refractivity contribution in [3.8, 4) is 0 Å². The van der Waals surface area contributed by atoms with E-state index >= 15 is 0 Å². The molecule has 2 N–H and O–H groups in total. The van der Waals surface area contributed by atoms with Gasteiger partial charge in [-0.2, -0.15) is 0 Å². The van der Waals surface area contributed by atoms with Gasteiger partial charge in [-0.15, -0.1) is 0 Å². The van der Waals surface area contributed by atoms with Gasteiger partial charge in [0.05, 0.1) is 16.3 Å². The topological polar surface area (TPSA) is 56.2 Å². The van der Waals surface area contributed by atoms with E-state index in [-0.39, 0.29) is 0 Å². The van der Waals surface area contributed by atoms with Gasteiger partial charge in [-0.1, -0.05) is 47.6 Å². The number of anilines is 2. The lowest BCUT2D eigenvalue weighted by Crippen LogP contribution is -2.33. The summed E-state index contributed by atoms with van der Waals surface area (Å²) in [5.74, 6) is 0. The Balaban J connectivity index is 1.54. The zero-order chi connectivity index (χ0) is 18.9. The normalized spacial score (nSPS) is 14.9. The Morgan fingerprint density at radius 3 is 2.07 bits per heavy atom. The third-order valence-electron chi connectivity index (χ3n) is 4.32. The van der Waals surface area contributed by atoms with E-state index in [2.05, 4.69) is 33.9 Å². The Kier molecular flexibility index (Phi) is 5.14. The third kappa shape index (κ3) is 3.84. The molecule has 4 rings (SSSR count). The van der Waals surface area contributed by atoms with E-state index in [1.807, 2.05) is 24.3 Å². The molecule has 7 heteroatoms. The monoisotopic (exact) mass is 415 g/mol. The molecule has 3 aromatic carbocycles. The Labute approximate surface area is 168 Å². The Morgan fingerprint density at radius 2 is 1.48 bits per heavy atom. The first-order valence-corrected chi connectivity index (χ1v) is 11.2. The number of benzene rings is 3. The van der Waals surface area contributed by atoms with E-state index < -0.39 is 9.92 Å². The first-order valence-electron chi connectivity index (χ1n) is 8.47. The van der Waals surface area contributed by atoms with Gasteiger partial charge in [0.15, 0.2) is 0 Å². The van der Waals surface area contributed by atoms with Crippen molar-refractivity contribution in [2.24, 2.45) is 0 Å². The molecule has 1 aliphatic heterocycles. The Bertz CT molecular complexity index is 1020. The second-order valence-corrected chi connectivity index (χ2v) is 9.49. The quantitative estimate of drug-likeness (QED) is 0.574. The molecule has 3 aromatic rings. The summed E-state index contributed by atoms with van der Waals surface area (Å²) < 4.78 is 23.8. The molecule has 0 spiro atoms. The van der Waals surface area contributed by atoms with Gasteiger partial charge in [0, 0.05) is 27.9 Å². The molecule has 27 heavy (non-hydrogen) atoms. The van der Waals surface area contributed by atoms with Crippen LogP contribution in [0.15, 0.2) is 87.5 Å². The van der Waals surface area contributed by atoms with Crippen molar-refractivity contribution >= 4 is 44.7 Å². The van der Waals surface area contributed by atoms with Crippen molar-refractivity contribution in [1.82, 2.24) is 4.72 Å². The number of nitrogens with zero attached hydrogens (tertiary/aromatic N) is 1. The maximum absolute atomic E-state index is 12.7. The van der Waals surface area contributed by atoms with E-state index in [1.54, 1.807) is 36.0 Å². The van der Waals surface area contributed by atoms with E-state index in [9.17, 15) is 4.21 Å². The highest BCUT2D eigenvalue weighted by atomic mass is 35.5. The molecular formula is C20H18ClN3OS2. The molecule has 0 bridgehead atoms. The number of para-hydroxylation sites is 2. The summed E-state index contributed by atoms with van der Waals surface area (Å²) >= 11 is 7.64. The van der Waals surface area contributed by atoms with Gasteiger partial charge >= 0.3 is 0 Å². The molecule has 1 aliphatic rings. The minimum atomic E-state index is -3.07. The highest BCUT2D eigenvalue weighted by molar-refractivity contribution is 7.99. The van der Waals surface area contributed by atoms with Gasteiger partial charge in [-0.25, -0.2) is 13.7 Å². The van der Waals surface area contributed by atoms with Gasteiger partial charge in [-0.05, 0) is 48.5 Å². The predicted molar refractivity (Wildman–Crippen MR) is 113 cm³/mol. The summed E-state index contributed by atoms with van der Waals surface area (Å²) in [6, 6.07) is 23.1. The van der Waals surface area contributed by atoms with E-state index in [1.165, 1.54) is 9.79 Å². The van der Waals surface area contributed by atoms with Gasteiger partial charge < -0.3 is 4.90 Å². The van der Waals surface area contributed by atoms with Crippen molar-refractivity contribution in [3.05, 3.63) is 77.8 Å². The maximum atomic E-state index is 12.7. The van der Waals surface area contributed by atoms with Crippen molar-refractivity contribution in [1.29, 1.82) is 4.78 Å². The summed E-state index contributed by atoms with van der Waals surface area (Å²) in [5.41, 5.74) is 2.26. The molecular weight excluding hydrogens is 398 g/mol. The minimum Gasteiger partial charge on any atom is -0.338 e. The average Bonchev–Trinajstić information content (AvgIpc) is 2.67. The van der Waals surface area contributed by atoms with Crippen LogP contribution in [0.3, 0.4) is 0 Å². The molecule has 138 valence electrons. The maximum Gasteiger partial charge on any atom is 0.134 e. The second kappa shape index (κ2) is 7.56. The van der Waals surface area contributed by atoms with Crippen LogP contribution in [0.25, 0.3) is 0 Å². The number of hydrogen-bond acceptors (Lipinski definition) is 4. The van der Waals surface area contributed by atoms with Crippen LogP contribution in [0.5, 0.6) is 0 Å². The minimum absolute atomic E-state index is 0.415. The molecule has 4 nitrogen and oxygen atoms in total. The molecule has 0 saturated carbocycles. The number of nitrogens with one attached hydrogen (secondary N) is 2. The van der Waals surface area contributed by atoms with Crippen LogP contribution in [-0.4, -0.2) is 17.3 Å². The molecule has 0 saturated heterocycles. The van der Waals surface area contributed by atoms with Crippen LogP contribution >= 0.6 is 23.4 Å². The predicted octanol–water partition coefficient (Wildman–Crippen LogP) is 5.55. The highest BCUT2D eigenvalue weighted by Crippen LogP contribution is 2.47. The summed E-state index contributed by atoms with van der Waals surface area (Å²) in [6.07, 6.45) is 0. The lowest BCUT2D eigenvalue weighted by molar-refractivity contribution is 0.661. The lowest BCUT2D eigenvalue weighted by atomic mass is 10.2. The Hall–Kier alpha value is -1.99. The van der Waals surface area contributed by atoms with E-state index in [0.29, 0.717) is 23.0 Å². The average molecular weight is 416 g/mol. The molecule has 1 heterocycles. The van der Waals surface area contributed by atoms with Crippen molar-refractivity contribution < 1.29 is 4.21 Å². The smallest absolute Gasteiger partial charge is 0.134 e. The fourth-order valence-corrected chi connectivity index (χ4v) is 5.32. The summed E-state index contributed by atoms with van der Waals surface area (Å²) in [7, 11) is -3.07. The first-order chi connectivity index (χ1) is 13.0. The number of fused-ring (bicyclic) bond motifs is 2. The molecule has 1 atom stereocenters. The number of halogens is 1. The largest absolute Gasteiger partial charge is 0.338 e. The zero-order valence-electron chi connectivity index (χ0n) is 14.4. The summed E-state index contributed by atoms with van der Waals surface area (Å²) in [5, 5.41) is 0.563. The van der Waals surface area contributed by atoms with Crippen LogP contribution in [0.2, 0.25) is 5.02 Å². The first kappa shape index (κ1) is 18.4. The van der Waals surface area contributed by atoms with Crippen molar-refractivity contribution in [3.63, 3.8) is 0 Å². The number of rotatable bonds is 5. The van der Waals surface area contributed by atoms with E-state index in [4.69, 9.17) is 16.4 Å². The van der Waals surface area contributed by atoms with E-state index in [0.717, 1.165) is 11.4 Å². The van der Waals surface area contributed by atoms with Crippen LogP contribution in [0, 0.1) is 4.78 Å². The fourth-order valence-electron chi connectivity index (χ4n) is 3.03. The van der Waals surface area contributed by atoms with Crippen LogP contribution in [0.1, 0.15) is 0 Å². The molecule has 0 fully saturated rings. The highest BCUT2D eigenvalue weighted by Gasteiger charge is 2.22.